The summed E-state index contributed by atoms with van der Waals surface area (Å²) in [5.74, 6) is 0.0846. The minimum Gasteiger partial charge on any atom is -0.492 e. The molecule has 1 heterocycles. The molecule has 1 saturated heterocycles. The molecule has 0 aliphatic carbocycles. The van der Waals surface area contributed by atoms with Crippen molar-refractivity contribution in [3.63, 3.8) is 0 Å². The highest BCUT2D eigenvalue weighted by atomic mass is 35.5. The molecule has 0 radical (unpaired) electrons. The van der Waals surface area contributed by atoms with Gasteiger partial charge in [-0.15, -0.1) is 0 Å². The van der Waals surface area contributed by atoms with Gasteiger partial charge in [0.25, 0.3) is 0 Å². The number of amides is 1. The lowest BCUT2D eigenvalue weighted by Crippen LogP contribution is -2.50. The Hall–Kier alpha value is -1.35. The maximum absolute atomic E-state index is 12.5. The summed E-state index contributed by atoms with van der Waals surface area (Å²) in [6, 6.07) is 3.41. The molecule has 1 aliphatic heterocycles. The second-order valence-electron chi connectivity index (χ2n) is 6.45. The maximum atomic E-state index is 12.5. The van der Waals surface area contributed by atoms with Gasteiger partial charge in [-0.1, -0.05) is 11.6 Å². The molecule has 146 valence electrons. The van der Waals surface area contributed by atoms with Gasteiger partial charge in [0, 0.05) is 6.04 Å². The van der Waals surface area contributed by atoms with E-state index in [2.05, 4.69) is 14.9 Å². The van der Waals surface area contributed by atoms with Crippen LogP contribution in [0.15, 0.2) is 23.1 Å². The van der Waals surface area contributed by atoms with Gasteiger partial charge >= 0.3 is 0 Å². The Bertz CT molecular complexity index is 734. The molecule has 1 amide bonds. The molecule has 1 aromatic rings. The van der Waals surface area contributed by atoms with E-state index in [4.69, 9.17) is 16.3 Å². The fourth-order valence-electron chi connectivity index (χ4n) is 2.75. The van der Waals surface area contributed by atoms with Crippen molar-refractivity contribution in [2.45, 2.75) is 43.7 Å². The van der Waals surface area contributed by atoms with Crippen molar-refractivity contribution in [1.29, 1.82) is 0 Å². The van der Waals surface area contributed by atoms with Crippen molar-refractivity contribution < 1.29 is 17.9 Å². The molecule has 0 unspecified atom stereocenters. The number of likely N-dealkylation sites (tertiary alicyclic amines) is 1. The van der Waals surface area contributed by atoms with Gasteiger partial charge in [-0.25, -0.2) is 8.42 Å². The van der Waals surface area contributed by atoms with Gasteiger partial charge < -0.3 is 15.0 Å². The molecular weight excluding hydrogens is 378 g/mol. The number of carbonyl (C=O) groups excluding carboxylic acids is 1. The Labute approximate surface area is 160 Å². The van der Waals surface area contributed by atoms with Crippen LogP contribution in [0.3, 0.4) is 0 Å². The van der Waals surface area contributed by atoms with Crippen LogP contribution in [0.2, 0.25) is 5.02 Å². The average molecular weight is 404 g/mol. The SMILES string of the molecule is CCOc1ccc(S(=O)(=O)N[C@H](C)C(=O)NC2CCN(C)CC2)cc1Cl. The van der Waals surface area contributed by atoms with Crippen LogP contribution in [-0.4, -0.2) is 58.1 Å². The Kier molecular flexibility index (Phi) is 7.28. The van der Waals surface area contributed by atoms with E-state index in [1.807, 2.05) is 14.0 Å². The number of benzene rings is 1. The molecule has 0 saturated carbocycles. The average Bonchev–Trinajstić information content (AvgIpc) is 2.58. The van der Waals surface area contributed by atoms with Crippen LogP contribution in [0.5, 0.6) is 5.75 Å². The lowest BCUT2D eigenvalue weighted by Gasteiger charge is -2.30. The van der Waals surface area contributed by atoms with E-state index in [9.17, 15) is 13.2 Å². The molecule has 1 fully saturated rings. The van der Waals surface area contributed by atoms with E-state index in [1.54, 1.807) is 0 Å². The quantitative estimate of drug-likeness (QED) is 0.722. The van der Waals surface area contributed by atoms with Crippen LogP contribution in [0, 0.1) is 0 Å². The Morgan fingerprint density at radius 1 is 1.38 bits per heavy atom. The molecule has 1 aromatic carbocycles. The second-order valence-corrected chi connectivity index (χ2v) is 8.58. The third kappa shape index (κ3) is 5.57. The van der Waals surface area contributed by atoms with Crippen molar-refractivity contribution in [1.82, 2.24) is 14.9 Å². The fraction of sp³-hybridized carbons (Fsp3) is 0.588. The van der Waals surface area contributed by atoms with Gasteiger partial charge in [0.1, 0.15) is 5.75 Å². The first kappa shape index (κ1) is 21.0. The van der Waals surface area contributed by atoms with Crippen LogP contribution in [-0.2, 0) is 14.8 Å². The van der Waals surface area contributed by atoms with Crippen molar-refractivity contribution in [3.8, 4) is 5.75 Å². The van der Waals surface area contributed by atoms with Gasteiger partial charge in [0.15, 0.2) is 0 Å². The minimum absolute atomic E-state index is 0.00936. The number of rotatable bonds is 7. The molecule has 7 nitrogen and oxygen atoms in total. The number of sulfonamides is 1. The molecule has 1 atom stereocenters. The van der Waals surface area contributed by atoms with Crippen molar-refractivity contribution >= 4 is 27.5 Å². The number of piperidine rings is 1. The summed E-state index contributed by atoms with van der Waals surface area (Å²) in [6.45, 7) is 5.59. The monoisotopic (exact) mass is 403 g/mol. The molecule has 1 aliphatic rings. The van der Waals surface area contributed by atoms with Crippen LogP contribution >= 0.6 is 11.6 Å². The van der Waals surface area contributed by atoms with Crippen molar-refractivity contribution in [3.05, 3.63) is 23.2 Å². The third-order valence-corrected chi connectivity index (χ3v) is 6.14. The Morgan fingerprint density at radius 2 is 2.04 bits per heavy atom. The van der Waals surface area contributed by atoms with Crippen LogP contribution < -0.4 is 14.8 Å². The van der Waals surface area contributed by atoms with E-state index >= 15 is 0 Å². The van der Waals surface area contributed by atoms with Gasteiger partial charge in [0.05, 0.1) is 22.6 Å². The summed E-state index contributed by atoms with van der Waals surface area (Å²) >= 11 is 6.05. The summed E-state index contributed by atoms with van der Waals surface area (Å²) in [5.41, 5.74) is 0. The highest BCUT2D eigenvalue weighted by molar-refractivity contribution is 7.89. The van der Waals surface area contributed by atoms with Crippen LogP contribution in [0.25, 0.3) is 0 Å². The van der Waals surface area contributed by atoms with E-state index in [1.165, 1.54) is 25.1 Å². The molecule has 0 aromatic heterocycles. The predicted molar refractivity (Wildman–Crippen MR) is 101 cm³/mol. The summed E-state index contributed by atoms with van der Waals surface area (Å²) in [5, 5.41) is 3.12. The standard InChI is InChI=1S/C17H26ClN3O4S/c1-4-25-16-6-5-14(11-15(16)18)26(23,24)20-12(2)17(22)19-13-7-9-21(3)10-8-13/h5-6,11-13,20H,4,7-10H2,1-3H3,(H,19,22)/t12-/m1/s1. The fourth-order valence-corrected chi connectivity index (χ4v) is 4.28. The zero-order valence-corrected chi connectivity index (χ0v) is 16.9. The van der Waals surface area contributed by atoms with Gasteiger partial charge in [-0.3, -0.25) is 4.79 Å². The number of nitrogens with one attached hydrogen (secondary N) is 2. The summed E-state index contributed by atoms with van der Waals surface area (Å²) in [4.78, 5) is 14.5. The van der Waals surface area contributed by atoms with Crippen molar-refractivity contribution in [2.24, 2.45) is 0 Å². The van der Waals surface area contributed by atoms with Gasteiger partial charge in [-0.05, 0) is 65.0 Å². The first-order chi connectivity index (χ1) is 12.2. The third-order valence-electron chi connectivity index (χ3n) is 4.30. The number of hydrogen-bond donors (Lipinski definition) is 2. The zero-order valence-electron chi connectivity index (χ0n) is 15.3. The van der Waals surface area contributed by atoms with Gasteiger partial charge in [-0.2, -0.15) is 4.72 Å². The van der Waals surface area contributed by atoms with E-state index < -0.39 is 16.1 Å². The number of carbonyl (C=O) groups is 1. The molecule has 2 N–H and O–H groups in total. The number of hydrogen-bond acceptors (Lipinski definition) is 5. The first-order valence-electron chi connectivity index (χ1n) is 8.66. The lowest BCUT2D eigenvalue weighted by atomic mass is 10.1. The minimum atomic E-state index is -3.87. The lowest BCUT2D eigenvalue weighted by molar-refractivity contribution is -0.123. The molecule has 9 heteroatoms. The summed E-state index contributed by atoms with van der Waals surface area (Å²) < 4.78 is 32.7. The molecular formula is C17H26ClN3O4S. The van der Waals surface area contributed by atoms with Crippen LogP contribution in [0.1, 0.15) is 26.7 Å². The van der Waals surface area contributed by atoms with E-state index in [0.717, 1.165) is 25.9 Å². The molecule has 0 spiro atoms. The summed E-state index contributed by atoms with van der Waals surface area (Å²) in [6.07, 6.45) is 1.71. The highest BCUT2D eigenvalue weighted by Gasteiger charge is 2.25. The van der Waals surface area contributed by atoms with E-state index in [0.29, 0.717) is 12.4 Å². The number of nitrogens with zero attached hydrogens (tertiary/aromatic N) is 1. The smallest absolute Gasteiger partial charge is 0.241 e. The Balaban J connectivity index is 1.99. The highest BCUT2D eigenvalue weighted by Crippen LogP contribution is 2.27. The Morgan fingerprint density at radius 3 is 2.62 bits per heavy atom. The number of ether oxygens (including phenoxy) is 1. The maximum Gasteiger partial charge on any atom is 0.241 e. The normalized spacial score (nSPS) is 17.7. The van der Waals surface area contributed by atoms with Crippen LogP contribution in [0.4, 0.5) is 0 Å². The first-order valence-corrected chi connectivity index (χ1v) is 10.5. The zero-order chi connectivity index (χ0) is 19.3. The van der Waals surface area contributed by atoms with Crippen molar-refractivity contribution in [2.75, 3.05) is 26.7 Å². The van der Waals surface area contributed by atoms with Gasteiger partial charge in [0.2, 0.25) is 15.9 Å². The molecule has 26 heavy (non-hydrogen) atoms. The summed E-state index contributed by atoms with van der Waals surface area (Å²) in [7, 11) is -1.83. The number of halogens is 1. The largest absolute Gasteiger partial charge is 0.492 e. The second kappa shape index (κ2) is 9.03. The molecule has 0 bridgehead atoms. The molecule has 2 rings (SSSR count). The predicted octanol–water partition coefficient (Wildman–Crippen LogP) is 1.62. The topological polar surface area (TPSA) is 87.7 Å². The van der Waals surface area contributed by atoms with E-state index in [-0.39, 0.29) is 21.9 Å².